The molecular weight excluding hydrogens is 224 g/mol. The number of fused-ring (bicyclic) bond motifs is 1. The molecule has 0 aliphatic heterocycles. The molecule has 1 heterocycles. The van der Waals surface area contributed by atoms with Crippen LogP contribution in [0.15, 0.2) is 22.6 Å². The van der Waals surface area contributed by atoms with E-state index in [0.29, 0.717) is 0 Å². The first kappa shape index (κ1) is 13.1. The highest BCUT2D eigenvalue weighted by Crippen LogP contribution is 2.28. The zero-order chi connectivity index (χ0) is 13.3. The van der Waals surface area contributed by atoms with Crippen LogP contribution in [0.5, 0.6) is 0 Å². The second kappa shape index (κ2) is 4.73. The van der Waals surface area contributed by atoms with E-state index in [1.807, 2.05) is 13.1 Å². The second-order valence-electron chi connectivity index (χ2n) is 5.73. The number of nitrogens with zero attached hydrogens (tertiary/aromatic N) is 1. The lowest BCUT2D eigenvalue weighted by molar-refractivity contribution is 0.427. The molecule has 0 radical (unpaired) electrons. The summed E-state index contributed by atoms with van der Waals surface area (Å²) < 4.78 is 5.81. The third kappa shape index (κ3) is 2.41. The van der Waals surface area contributed by atoms with Crippen molar-refractivity contribution in [2.75, 3.05) is 7.05 Å². The van der Waals surface area contributed by atoms with Crippen molar-refractivity contribution in [3.8, 4) is 0 Å². The molecule has 1 N–H and O–H groups in total. The third-order valence-corrected chi connectivity index (χ3v) is 3.32. The molecule has 0 fully saturated rings. The van der Waals surface area contributed by atoms with Crippen molar-refractivity contribution in [2.24, 2.45) is 0 Å². The SMILES string of the molecule is CCC(NC)c1nc2cc(C(C)(C)C)ccc2o1. The molecule has 1 atom stereocenters. The van der Waals surface area contributed by atoms with Gasteiger partial charge < -0.3 is 9.73 Å². The summed E-state index contributed by atoms with van der Waals surface area (Å²) in [5.41, 5.74) is 3.24. The summed E-state index contributed by atoms with van der Waals surface area (Å²) in [6, 6.07) is 6.47. The Morgan fingerprint density at radius 1 is 1.33 bits per heavy atom. The molecule has 18 heavy (non-hydrogen) atoms. The molecule has 0 bridgehead atoms. The van der Waals surface area contributed by atoms with Gasteiger partial charge in [-0.15, -0.1) is 0 Å². The number of nitrogens with one attached hydrogen (secondary N) is 1. The molecule has 3 heteroatoms. The van der Waals surface area contributed by atoms with Gasteiger partial charge in [0.1, 0.15) is 5.52 Å². The molecule has 1 unspecified atom stereocenters. The van der Waals surface area contributed by atoms with Gasteiger partial charge in [0.15, 0.2) is 5.58 Å². The first-order chi connectivity index (χ1) is 8.45. The lowest BCUT2D eigenvalue weighted by atomic mass is 9.87. The minimum absolute atomic E-state index is 0.139. The highest BCUT2D eigenvalue weighted by atomic mass is 16.3. The molecule has 0 amide bonds. The van der Waals surface area contributed by atoms with E-state index in [1.165, 1.54) is 5.56 Å². The quantitative estimate of drug-likeness (QED) is 0.895. The Kier molecular flexibility index (Phi) is 3.44. The topological polar surface area (TPSA) is 38.1 Å². The van der Waals surface area contributed by atoms with Crippen molar-refractivity contribution in [3.05, 3.63) is 29.7 Å². The third-order valence-electron chi connectivity index (χ3n) is 3.32. The molecule has 0 saturated carbocycles. The highest BCUT2D eigenvalue weighted by Gasteiger charge is 2.18. The predicted molar refractivity (Wildman–Crippen MR) is 74.8 cm³/mol. The number of oxazole rings is 1. The van der Waals surface area contributed by atoms with Crippen LogP contribution < -0.4 is 5.32 Å². The van der Waals surface area contributed by atoms with E-state index < -0.39 is 0 Å². The van der Waals surface area contributed by atoms with Crippen molar-refractivity contribution in [3.63, 3.8) is 0 Å². The van der Waals surface area contributed by atoms with Crippen LogP contribution in [0.4, 0.5) is 0 Å². The van der Waals surface area contributed by atoms with Gasteiger partial charge >= 0.3 is 0 Å². The molecule has 1 aromatic carbocycles. The number of hydrogen-bond donors (Lipinski definition) is 1. The van der Waals surface area contributed by atoms with Crippen LogP contribution in [0.2, 0.25) is 0 Å². The Labute approximate surface area is 109 Å². The van der Waals surface area contributed by atoms with Crippen LogP contribution in [-0.4, -0.2) is 12.0 Å². The maximum Gasteiger partial charge on any atom is 0.212 e. The Hall–Kier alpha value is -1.35. The fraction of sp³-hybridized carbons (Fsp3) is 0.533. The summed E-state index contributed by atoms with van der Waals surface area (Å²) in [7, 11) is 1.93. The first-order valence-electron chi connectivity index (χ1n) is 6.54. The highest BCUT2D eigenvalue weighted by molar-refractivity contribution is 5.73. The van der Waals surface area contributed by atoms with Gasteiger partial charge in [0.2, 0.25) is 5.89 Å². The summed E-state index contributed by atoms with van der Waals surface area (Å²) in [6.45, 7) is 8.74. The number of rotatable bonds is 3. The maximum absolute atomic E-state index is 5.81. The molecule has 0 aliphatic carbocycles. The molecule has 98 valence electrons. The van der Waals surface area contributed by atoms with Crippen LogP contribution in [0, 0.1) is 0 Å². The summed E-state index contributed by atoms with van der Waals surface area (Å²) in [4.78, 5) is 4.60. The monoisotopic (exact) mass is 246 g/mol. The van der Waals surface area contributed by atoms with E-state index in [0.717, 1.165) is 23.4 Å². The standard InChI is InChI=1S/C15H22N2O/c1-6-11(16-5)14-17-12-9-10(15(2,3)4)7-8-13(12)18-14/h7-9,11,16H,6H2,1-5H3. The van der Waals surface area contributed by atoms with E-state index in [1.54, 1.807) is 0 Å². The summed E-state index contributed by atoms with van der Waals surface area (Å²) >= 11 is 0. The van der Waals surface area contributed by atoms with Crippen LogP contribution >= 0.6 is 0 Å². The second-order valence-corrected chi connectivity index (χ2v) is 5.73. The van der Waals surface area contributed by atoms with Crippen LogP contribution in [0.1, 0.15) is 51.6 Å². The van der Waals surface area contributed by atoms with E-state index >= 15 is 0 Å². The van der Waals surface area contributed by atoms with Gasteiger partial charge in [-0.1, -0.05) is 33.8 Å². The molecule has 0 spiro atoms. The van der Waals surface area contributed by atoms with Gasteiger partial charge in [-0.05, 0) is 36.6 Å². The Morgan fingerprint density at radius 2 is 2.06 bits per heavy atom. The maximum atomic E-state index is 5.81. The van der Waals surface area contributed by atoms with Gasteiger partial charge in [0.25, 0.3) is 0 Å². The Morgan fingerprint density at radius 3 is 2.61 bits per heavy atom. The Bertz CT molecular complexity index is 533. The molecule has 3 nitrogen and oxygen atoms in total. The minimum Gasteiger partial charge on any atom is -0.439 e. The van der Waals surface area contributed by atoms with Gasteiger partial charge in [0, 0.05) is 0 Å². The van der Waals surface area contributed by atoms with Crippen LogP contribution in [0.25, 0.3) is 11.1 Å². The van der Waals surface area contributed by atoms with E-state index in [9.17, 15) is 0 Å². The molecule has 0 saturated heterocycles. The Balaban J connectivity index is 2.46. The largest absolute Gasteiger partial charge is 0.439 e. The van der Waals surface area contributed by atoms with Gasteiger partial charge in [-0.25, -0.2) is 4.98 Å². The van der Waals surface area contributed by atoms with E-state index in [2.05, 4.69) is 50.1 Å². The molecule has 1 aromatic heterocycles. The fourth-order valence-electron chi connectivity index (χ4n) is 2.06. The smallest absolute Gasteiger partial charge is 0.212 e. The van der Waals surface area contributed by atoms with Crippen LogP contribution in [-0.2, 0) is 5.41 Å². The zero-order valence-corrected chi connectivity index (χ0v) is 11.9. The van der Waals surface area contributed by atoms with Crippen LogP contribution in [0.3, 0.4) is 0 Å². The summed E-state index contributed by atoms with van der Waals surface area (Å²) in [5.74, 6) is 0.779. The molecular formula is C15H22N2O. The van der Waals surface area contributed by atoms with Gasteiger partial charge in [-0.3, -0.25) is 0 Å². The first-order valence-corrected chi connectivity index (χ1v) is 6.54. The minimum atomic E-state index is 0.139. The predicted octanol–water partition coefficient (Wildman–Crippen LogP) is 3.80. The summed E-state index contributed by atoms with van der Waals surface area (Å²) in [6.07, 6.45) is 0.968. The molecule has 2 aromatic rings. The fourth-order valence-corrected chi connectivity index (χ4v) is 2.06. The number of benzene rings is 1. The van der Waals surface area contributed by atoms with Crippen molar-refractivity contribution in [1.82, 2.24) is 10.3 Å². The van der Waals surface area contributed by atoms with E-state index in [-0.39, 0.29) is 11.5 Å². The van der Waals surface area contributed by atoms with Crippen molar-refractivity contribution < 1.29 is 4.42 Å². The lowest BCUT2D eigenvalue weighted by Crippen LogP contribution is -2.15. The number of hydrogen-bond acceptors (Lipinski definition) is 3. The van der Waals surface area contributed by atoms with Gasteiger partial charge in [0.05, 0.1) is 6.04 Å². The normalized spacial score (nSPS) is 14.1. The average molecular weight is 246 g/mol. The van der Waals surface area contributed by atoms with Crippen molar-refractivity contribution in [2.45, 2.75) is 45.6 Å². The lowest BCUT2D eigenvalue weighted by Gasteiger charge is -2.18. The molecule has 2 rings (SSSR count). The molecule has 0 aliphatic rings. The van der Waals surface area contributed by atoms with Gasteiger partial charge in [-0.2, -0.15) is 0 Å². The summed E-state index contributed by atoms with van der Waals surface area (Å²) in [5, 5.41) is 3.22. The zero-order valence-electron chi connectivity index (χ0n) is 11.9. The van der Waals surface area contributed by atoms with E-state index in [4.69, 9.17) is 4.42 Å². The number of aromatic nitrogens is 1. The van der Waals surface area contributed by atoms with Crippen molar-refractivity contribution >= 4 is 11.1 Å². The average Bonchev–Trinajstić information content (AvgIpc) is 2.71. The van der Waals surface area contributed by atoms with Crippen molar-refractivity contribution in [1.29, 1.82) is 0 Å².